The van der Waals surface area contributed by atoms with E-state index in [0.717, 1.165) is 5.25 Å². The molecule has 1 saturated carbocycles. The second kappa shape index (κ2) is 6.72. The molecular weight excluding hydrogens is 178 g/mol. The normalized spacial score (nSPS) is 18.7. The first kappa shape index (κ1) is 11.4. The van der Waals surface area contributed by atoms with Crippen molar-refractivity contribution in [2.75, 3.05) is 12.3 Å². The minimum Gasteiger partial charge on any atom is -0.315 e. The molecule has 0 aromatic rings. The molecule has 2 heteroatoms. The van der Waals surface area contributed by atoms with Gasteiger partial charge in [-0.3, -0.25) is 0 Å². The highest BCUT2D eigenvalue weighted by atomic mass is 32.2. The van der Waals surface area contributed by atoms with Crippen molar-refractivity contribution in [3.05, 3.63) is 0 Å². The molecule has 0 bridgehead atoms. The number of hydrogen-bond acceptors (Lipinski definition) is 2. The van der Waals surface area contributed by atoms with Crippen molar-refractivity contribution in [3.8, 4) is 0 Å². The predicted octanol–water partition coefficient (Wildman–Crippen LogP) is 3.05. The van der Waals surface area contributed by atoms with E-state index in [1.165, 1.54) is 44.4 Å². The van der Waals surface area contributed by atoms with Crippen LogP contribution in [0.25, 0.3) is 0 Å². The van der Waals surface area contributed by atoms with Crippen LogP contribution in [0.4, 0.5) is 0 Å². The van der Waals surface area contributed by atoms with Gasteiger partial charge in [0.25, 0.3) is 0 Å². The van der Waals surface area contributed by atoms with Crippen LogP contribution in [0.1, 0.15) is 46.0 Å². The average molecular weight is 201 g/mol. The third-order valence-electron chi connectivity index (χ3n) is 2.53. The Morgan fingerprint density at radius 1 is 1.31 bits per heavy atom. The number of nitrogens with one attached hydrogen (secondary N) is 1. The van der Waals surface area contributed by atoms with Crippen LogP contribution in [-0.4, -0.2) is 23.6 Å². The predicted molar refractivity (Wildman–Crippen MR) is 62.5 cm³/mol. The summed E-state index contributed by atoms with van der Waals surface area (Å²) in [6.45, 7) is 5.62. The highest BCUT2D eigenvalue weighted by Crippen LogP contribution is 2.29. The van der Waals surface area contributed by atoms with E-state index < -0.39 is 0 Å². The lowest BCUT2D eigenvalue weighted by Crippen LogP contribution is -2.24. The van der Waals surface area contributed by atoms with Crippen molar-refractivity contribution in [1.82, 2.24) is 5.32 Å². The molecule has 78 valence electrons. The van der Waals surface area contributed by atoms with E-state index in [4.69, 9.17) is 0 Å². The SMILES string of the molecule is CC(C)NCCCSC1CCCC1. The molecule has 0 atom stereocenters. The van der Waals surface area contributed by atoms with Crippen molar-refractivity contribution in [2.24, 2.45) is 0 Å². The molecule has 0 aromatic heterocycles. The van der Waals surface area contributed by atoms with Gasteiger partial charge in [-0.05, 0) is 31.6 Å². The molecule has 0 saturated heterocycles. The van der Waals surface area contributed by atoms with Gasteiger partial charge in [-0.25, -0.2) is 0 Å². The Labute approximate surface area is 87.1 Å². The zero-order chi connectivity index (χ0) is 9.52. The highest BCUT2D eigenvalue weighted by molar-refractivity contribution is 7.99. The van der Waals surface area contributed by atoms with E-state index >= 15 is 0 Å². The van der Waals surface area contributed by atoms with Gasteiger partial charge in [-0.2, -0.15) is 11.8 Å². The molecule has 1 N–H and O–H groups in total. The minimum absolute atomic E-state index is 0.650. The molecule has 0 heterocycles. The average Bonchev–Trinajstić information content (AvgIpc) is 2.55. The molecule has 0 aliphatic heterocycles. The maximum atomic E-state index is 3.46. The standard InChI is InChI=1S/C11H23NS/c1-10(2)12-8-5-9-13-11-6-3-4-7-11/h10-12H,3-9H2,1-2H3. The van der Waals surface area contributed by atoms with Gasteiger partial charge in [0.15, 0.2) is 0 Å². The number of thioether (sulfide) groups is 1. The Bertz CT molecular complexity index is 119. The molecule has 0 amide bonds. The lowest BCUT2D eigenvalue weighted by molar-refractivity contribution is 0.585. The Kier molecular flexibility index (Phi) is 5.88. The molecule has 1 aliphatic carbocycles. The molecule has 0 spiro atoms. The van der Waals surface area contributed by atoms with Gasteiger partial charge >= 0.3 is 0 Å². The summed E-state index contributed by atoms with van der Waals surface area (Å²) in [5.41, 5.74) is 0. The topological polar surface area (TPSA) is 12.0 Å². The second-order valence-electron chi connectivity index (χ2n) is 4.24. The molecule has 1 fully saturated rings. The summed E-state index contributed by atoms with van der Waals surface area (Å²) in [4.78, 5) is 0. The fraction of sp³-hybridized carbons (Fsp3) is 1.00. The molecule has 1 aliphatic rings. The summed E-state index contributed by atoms with van der Waals surface area (Å²) in [7, 11) is 0. The van der Waals surface area contributed by atoms with Crippen molar-refractivity contribution in [1.29, 1.82) is 0 Å². The largest absolute Gasteiger partial charge is 0.315 e. The van der Waals surface area contributed by atoms with Gasteiger partial charge < -0.3 is 5.32 Å². The molecule has 13 heavy (non-hydrogen) atoms. The highest BCUT2D eigenvalue weighted by Gasteiger charge is 2.14. The summed E-state index contributed by atoms with van der Waals surface area (Å²) in [6.07, 6.45) is 7.23. The Morgan fingerprint density at radius 3 is 2.62 bits per heavy atom. The maximum absolute atomic E-state index is 3.46. The van der Waals surface area contributed by atoms with Gasteiger partial charge in [0.1, 0.15) is 0 Å². The van der Waals surface area contributed by atoms with E-state index in [2.05, 4.69) is 30.9 Å². The molecular formula is C11H23NS. The smallest absolute Gasteiger partial charge is 0.00470 e. The summed E-state index contributed by atoms with van der Waals surface area (Å²) in [5.74, 6) is 1.35. The van der Waals surface area contributed by atoms with Crippen LogP contribution in [0.3, 0.4) is 0 Å². The lowest BCUT2D eigenvalue weighted by atomic mass is 10.4. The van der Waals surface area contributed by atoms with E-state index in [1.54, 1.807) is 0 Å². The third kappa shape index (κ3) is 5.58. The maximum Gasteiger partial charge on any atom is 0.00470 e. The zero-order valence-electron chi connectivity index (χ0n) is 9.01. The molecule has 0 aromatic carbocycles. The van der Waals surface area contributed by atoms with Gasteiger partial charge in [0, 0.05) is 11.3 Å². The zero-order valence-corrected chi connectivity index (χ0v) is 9.83. The first-order valence-corrected chi connectivity index (χ1v) is 6.69. The number of hydrogen-bond donors (Lipinski definition) is 1. The van der Waals surface area contributed by atoms with E-state index in [9.17, 15) is 0 Å². The second-order valence-corrected chi connectivity index (χ2v) is 5.65. The molecule has 1 nitrogen and oxygen atoms in total. The Morgan fingerprint density at radius 2 is 2.00 bits per heavy atom. The summed E-state index contributed by atoms with van der Waals surface area (Å²) in [6, 6.07) is 0.650. The van der Waals surface area contributed by atoms with Crippen LogP contribution in [0, 0.1) is 0 Å². The van der Waals surface area contributed by atoms with Crippen LogP contribution >= 0.6 is 11.8 Å². The van der Waals surface area contributed by atoms with Crippen molar-refractivity contribution in [3.63, 3.8) is 0 Å². The van der Waals surface area contributed by atoms with Crippen molar-refractivity contribution in [2.45, 2.75) is 57.2 Å². The fourth-order valence-corrected chi connectivity index (χ4v) is 3.08. The van der Waals surface area contributed by atoms with Crippen LogP contribution in [0.5, 0.6) is 0 Å². The van der Waals surface area contributed by atoms with Crippen LogP contribution in [0.15, 0.2) is 0 Å². The monoisotopic (exact) mass is 201 g/mol. The van der Waals surface area contributed by atoms with Crippen LogP contribution < -0.4 is 5.32 Å². The first-order valence-electron chi connectivity index (χ1n) is 5.64. The number of rotatable bonds is 6. The fourth-order valence-electron chi connectivity index (χ4n) is 1.77. The van der Waals surface area contributed by atoms with Crippen LogP contribution in [0.2, 0.25) is 0 Å². The quantitative estimate of drug-likeness (QED) is 0.663. The lowest BCUT2D eigenvalue weighted by Gasteiger charge is -2.10. The van der Waals surface area contributed by atoms with Gasteiger partial charge in [0.2, 0.25) is 0 Å². The Balaban J connectivity index is 1.83. The van der Waals surface area contributed by atoms with Crippen LogP contribution in [-0.2, 0) is 0 Å². The third-order valence-corrected chi connectivity index (χ3v) is 4.00. The summed E-state index contributed by atoms with van der Waals surface area (Å²) < 4.78 is 0. The molecule has 1 rings (SSSR count). The van der Waals surface area contributed by atoms with E-state index in [0.29, 0.717) is 6.04 Å². The Hall–Kier alpha value is 0.310. The van der Waals surface area contributed by atoms with Crippen molar-refractivity contribution < 1.29 is 0 Å². The van der Waals surface area contributed by atoms with Gasteiger partial charge in [-0.15, -0.1) is 0 Å². The summed E-state index contributed by atoms with van der Waals surface area (Å²) in [5, 5.41) is 4.46. The minimum atomic E-state index is 0.650. The van der Waals surface area contributed by atoms with Gasteiger partial charge in [0.05, 0.1) is 0 Å². The molecule has 0 unspecified atom stereocenters. The summed E-state index contributed by atoms with van der Waals surface area (Å²) >= 11 is 2.20. The van der Waals surface area contributed by atoms with E-state index in [-0.39, 0.29) is 0 Å². The first-order chi connectivity index (χ1) is 6.29. The molecule has 0 radical (unpaired) electrons. The van der Waals surface area contributed by atoms with Gasteiger partial charge in [-0.1, -0.05) is 26.7 Å². The van der Waals surface area contributed by atoms with Crippen molar-refractivity contribution >= 4 is 11.8 Å². The van der Waals surface area contributed by atoms with E-state index in [1.807, 2.05) is 0 Å².